The van der Waals surface area contributed by atoms with Crippen LogP contribution in [0.3, 0.4) is 0 Å². The molecule has 0 bridgehead atoms. The van der Waals surface area contributed by atoms with Gasteiger partial charge in [0.15, 0.2) is 0 Å². The van der Waals surface area contributed by atoms with Crippen LogP contribution in [-0.2, 0) is 14.8 Å². The highest BCUT2D eigenvalue weighted by molar-refractivity contribution is 7.89. The number of aromatic nitrogens is 1. The number of carbonyl (C=O) groups excluding carboxylic acids is 1. The van der Waals surface area contributed by atoms with Gasteiger partial charge in [-0.15, -0.1) is 0 Å². The average Bonchev–Trinajstić information content (AvgIpc) is 2.83. The van der Waals surface area contributed by atoms with Gasteiger partial charge in [-0.2, -0.15) is 4.31 Å². The summed E-state index contributed by atoms with van der Waals surface area (Å²) in [6.45, 7) is 5.17. The number of nitrogens with two attached hydrogens (primary N) is 1. The highest BCUT2D eigenvalue weighted by Gasteiger charge is 2.35. The number of piperazine rings is 1. The Bertz CT molecular complexity index is 1100. The zero-order valence-electron chi connectivity index (χ0n) is 18.7. The number of amides is 1. The Morgan fingerprint density at radius 2 is 1.76 bits per heavy atom. The quantitative estimate of drug-likeness (QED) is 0.690. The lowest BCUT2D eigenvalue weighted by molar-refractivity contribution is -0.138. The molecule has 1 unspecified atom stereocenters. The highest BCUT2D eigenvalue weighted by Crippen LogP contribution is 2.29. The third kappa shape index (κ3) is 5.16. The average molecular weight is 492 g/mol. The van der Waals surface area contributed by atoms with Crippen LogP contribution < -0.4 is 5.73 Å². The van der Waals surface area contributed by atoms with Crippen molar-refractivity contribution in [3.05, 3.63) is 53.2 Å². The number of carbonyl (C=O) groups is 1. The van der Waals surface area contributed by atoms with Crippen LogP contribution in [0.4, 0.5) is 5.82 Å². The van der Waals surface area contributed by atoms with E-state index in [2.05, 4.69) is 16.8 Å². The minimum Gasteiger partial charge on any atom is -0.384 e. The van der Waals surface area contributed by atoms with Crippen LogP contribution in [0.2, 0.25) is 5.02 Å². The molecule has 3 heterocycles. The van der Waals surface area contributed by atoms with Gasteiger partial charge in [0, 0.05) is 44.3 Å². The number of nitrogens with zero attached hydrogens (tertiary/aromatic N) is 4. The van der Waals surface area contributed by atoms with Crippen molar-refractivity contribution in [3.8, 4) is 0 Å². The fourth-order valence-corrected chi connectivity index (χ4v) is 6.59. The van der Waals surface area contributed by atoms with Crippen LogP contribution >= 0.6 is 11.6 Å². The molecule has 1 amide bonds. The fraction of sp³-hybridized carbons (Fsp3) is 0.478. The number of piperidine rings is 1. The molecule has 0 radical (unpaired) electrons. The van der Waals surface area contributed by atoms with E-state index in [4.69, 9.17) is 17.3 Å². The third-order valence-corrected chi connectivity index (χ3v) is 9.12. The molecular formula is C23H30ClN5O3S. The summed E-state index contributed by atoms with van der Waals surface area (Å²) in [5.74, 6) is 0.619. The van der Waals surface area contributed by atoms with Crippen molar-refractivity contribution in [3.63, 3.8) is 0 Å². The van der Waals surface area contributed by atoms with E-state index >= 15 is 0 Å². The van der Waals surface area contributed by atoms with E-state index in [1.807, 2.05) is 17.0 Å². The van der Waals surface area contributed by atoms with Crippen molar-refractivity contribution < 1.29 is 13.2 Å². The van der Waals surface area contributed by atoms with E-state index in [0.717, 1.165) is 31.5 Å². The van der Waals surface area contributed by atoms with Gasteiger partial charge in [-0.25, -0.2) is 13.4 Å². The first-order chi connectivity index (χ1) is 15.8. The van der Waals surface area contributed by atoms with Crippen LogP contribution in [0.15, 0.2) is 47.5 Å². The second-order valence-electron chi connectivity index (χ2n) is 8.66. The first kappa shape index (κ1) is 23.9. The number of anilines is 1. The SMILES string of the molecule is CC(c1ccnc(N)c1)N1CCC(C(=O)N2CCN(S(=O)(=O)c3ccccc3Cl)CC2)CC1. The summed E-state index contributed by atoms with van der Waals surface area (Å²) in [7, 11) is -3.67. The Morgan fingerprint density at radius 3 is 2.39 bits per heavy atom. The van der Waals surface area contributed by atoms with Crippen LogP contribution in [0, 0.1) is 5.92 Å². The van der Waals surface area contributed by atoms with Gasteiger partial charge in [0.1, 0.15) is 10.7 Å². The minimum atomic E-state index is -3.67. The lowest BCUT2D eigenvalue weighted by Crippen LogP contribution is -2.53. The van der Waals surface area contributed by atoms with Gasteiger partial charge in [-0.05, 0) is 62.7 Å². The van der Waals surface area contributed by atoms with Gasteiger partial charge in [0.2, 0.25) is 15.9 Å². The molecule has 178 valence electrons. The molecule has 0 spiro atoms. The van der Waals surface area contributed by atoms with Gasteiger partial charge >= 0.3 is 0 Å². The maximum absolute atomic E-state index is 13.1. The molecule has 2 fully saturated rings. The van der Waals surface area contributed by atoms with E-state index < -0.39 is 10.0 Å². The zero-order valence-corrected chi connectivity index (χ0v) is 20.3. The lowest BCUT2D eigenvalue weighted by atomic mass is 9.93. The summed E-state index contributed by atoms with van der Waals surface area (Å²) in [6, 6.07) is 10.6. The Kier molecular flexibility index (Phi) is 7.23. The maximum atomic E-state index is 13.1. The summed E-state index contributed by atoms with van der Waals surface area (Å²) in [5, 5.41) is 0.214. The Morgan fingerprint density at radius 1 is 1.09 bits per heavy atom. The van der Waals surface area contributed by atoms with Crippen LogP contribution in [0.1, 0.15) is 31.4 Å². The van der Waals surface area contributed by atoms with Gasteiger partial charge in [-0.3, -0.25) is 9.69 Å². The molecule has 2 saturated heterocycles. The predicted molar refractivity (Wildman–Crippen MR) is 128 cm³/mol. The summed E-state index contributed by atoms with van der Waals surface area (Å²) < 4.78 is 27.3. The van der Waals surface area contributed by atoms with Crippen LogP contribution in [0.25, 0.3) is 0 Å². The number of nitrogen functional groups attached to an aromatic ring is 1. The van der Waals surface area contributed by atoms with Gasteiger partial charge < -0.3 is 10.6 Å². The summed E-state index contributed by atoms with van der Waals surface area (Å²) in [5.41, 5.74) is 6.95. The molecule has 4 rings (SSSR count). The Balaban J connectivity index is 1.30. The number of hydrogen-bond donors (Lipinski definition) is 1. The smallest absolute Gasteiger partial charge is 0.244 e. The predicted octanol–water partition coefficient (Wildman–Crippen LogP) is 2.62. The monoisotopic (exact) mass is 491 g/mol. The molecule has 1 aromatic heterocycles. The number of likely N-dealkylation sites (tertiary alicyclic amines) is 1. The molecule has 2 aliphatic heterocycles. The first-order valence-electron chi connectivity index (χ1n) is 11.3. The van der Waals surface area contributed by atoms with Crippen molar-refractivity contribution >= 4 is 33.3 Å². The number of sulfonamides is 1. The number of hydrogen-bond acceptors (Lipinski definition) is 6. The van der Waals surface area contributed by atoms with Gasteiger partial charge in [0.05, 0.1) is 5.02 Å². The number of halogens is 1. The van der Waals surface area contributed by atoms with Crippen LogP contribution in [0.5, 0.6) is 0 Å². The molecule has 1 atom stereocenters. The lowest BCUT2D eigenvalue weighted by Gasteiger charge is -2.39. The van der Waals surface area contributed by atoms with Gasteiger partial charge in [-0.1, -0.05) is 23.7 Å². The van der Waals surface area contributed by atoms with Crippen molar-refractivity contribution in [2.24, 2.45) is 5.92 Å². The topological polar surface area (TPSA) is 99.8 Å². The maximum Gasteiger partial charge on any atom is 0.244 e. The molecule has 2 N–H and O–H groups in total. The molecule has 0 saturated carbocycles. The van der Waals surface area contributed by atoms with Crippen molar-refractivity contribution in [1.29, 1.82) is 0 Å². The summed E-state index contributed by atoms with van der Waals surface area (Å²) in [6.07, 6.45) is 3.31. The third-order valence-electron chi connectivity index (χ3n) is 6.72. The second kappa shape index (κ2) is 9.97. The molecular weight excluding hydrogens is 462 g/mol. The van der Waals surface area contributed by atoms with Crippen LogP contribution in [-0.4, -0.2) is 72.7 Å². The summed E-state index contributed by atoms with van der Waals surface area (Å²) in [4.78, 5) is 21.5. The first-order valence-corrected chi connectivity index (χ1v) is 13.1. The van der Waals surface area contributed by atoms with E-state index in [1.165, 1.54) is 10.4 Å². The molecule has 1 aromatic carbocycles. The molecule has 33 heavy (non-hydrogen) atoms. The van der Waals surface area contributed by atoms with E-state index in [1.54, 1.807) is 24.4 Å². The largest absolute Gasteiger partial charge is 0.384 e. The zero-order chi connectivity index (χ0) is 23.6. The highest BCUT2D eigenvalue weighted by atomic mass is 35.5. The number of rotatable bonds is 5. The number of benzene rings is 1. The van der Waals surface area contributed by atoms with E-state index in [0.29, 0.717) is 18.9 Å². The fourth-order valence-electron chi connectivity index (χ4n) is 4.67. The van der Waals surface area contributed by atoms with E-state index in [9.17, 15) is 13.2 Å². The molecule has 0 aliphatic carbocycles. The van der Waals surface area contributed by atoms with Crippen molar-refractivity contribution in [2.75, 3.05) is 45.0 Å². The molecule has 2 aliphatic rings. The summed E-state index contributed by atoms with van der Waals surface area (Å²) >= 11 is 6.11. The second-order valence-corrected chi connectivity index (χ2v) is 11.0. The van der Waals surface area contributed by atoms with Crippen molar-refractivity contribution in [2.45, 2.75) is 30.7 Å². The molecule has 8 nitrogen and oxygen atoms in total. The molecule has 10 heteroatoms. The Hall–Kier alpha value is -2.20. The van der Waals surface area contributed by atoms with Crippen molar-refractivity contribution in [1.82, 2.24) is 19.1 Å². The van der Waals surface area contributed by atoms with E-state index in [-0.39, 0.29) is 40.9 Å². The minimum absolute atomic E-state index is 0.0253. The Labute approximate surface area is 200 Å². The number of pyridine rings is 1. The van der Waals surface area contributed by atoms with Gasteiger partial charge in [0.25, 0.3) is 0 Å². The normalized spacial score (nSPS) is 20.0. The standard InChI is InChI=1S/C23H30ClN5O3S/c1-17(19-6-9-26-22(25)16-19)27-10-7-18(8-11-27)23(30)28-12-14-29(15-13-28)33(31,32)21-5-3-2-4-20(21)24/h2-6,9,16-18H,7-8,10-15H2,1H3,(H2,25,26). The molecule has 2 aromatic rings.